The summed E-state index contributed by atoms with van der Waals surface area (Å²) < 4.78 is 5.98. The van der Waals surface area contributed by atoms with Crippen LogP contribution in [0.1, 0.15) is 26.2 Å². The molecule has 2 rings (SSSR count). The second kappa shape index (κ2) is 4.99. The van der Waals surface area contributed by atoms with E-state index in [2.05, 4.69) is 37.7 Å². The summed E-state index contributed by atoms with van der Waals surface area (Å²) in [7, 11) is 1.62. The van der Waals surface area contributed by atoms with Gasteiger partial charge >= 0.3 is 0 Å². The Hall–Kier alpha value is -0.840. The van der Waals surface area contributed by atoms with E-state index in [1.54, 1.807) is 13.3 Å². The second-order valence-corrected chi connectivity index (χ2v) is 4.92. The number of hydrogen-bond acceptors (Lipinski definition) is 4. The van der Waals surface area contributed by atoms with Gasteiger partial charge in [0.05, 0.1) is 17.8 Å². The molecule has 0 amide bonds. The summed E-state index contributed by atoms with van der Waals surface area (Å²) in [5.41, 5.74) is 0. The summed E-state index contributed by atoms with van der Waals surface area (Å²) in [6.07, 6.45) is 5.47. The molecule has 1 saturated heterocycles. The number of piperidine rings is 1. The van der Waals surface area contributed by atoms with Crippen molar-refractivity contribution < 1.29 is 4.74 Å². The summed E-state index contributed by atoms with van der Waals surface area (Å²) in [5, 5.41) is 0. The zero-order valence-electron chi connectivity index (χ0n) is 9.61. The smallest absolute Gasteiger partial charge is 0.232 e. The molecule has 1 fully saturated rings. The van der Waals surface area contributed by atoms with Crippen molar-refractivity contribution in [3.8, 4) is 5.88 Å². The molecular weight excluding hydrogens is 270 g/mol. The van der Waals surface area contributed by atoms with Crippen LogP contribution in [0, 0.1) is 0 Å². The molecule has 0 aliphatic carbocycles. The standard InChI is InChI=1S/C11H16BrN3O/c1-8-5-3-4-6-15(8)11-13-7-9(12)10(14-11)16-2/h7-8H,3-6H2,1-2H3. The van der Waals surface area contributed by atoms with Gasteiger partial charge in [-0.2, -0.15) is 4.98 Å². The van der Waals surface area contributed by atoms with E-state index in [1.165, 1.54) is 19.3 Å². The van der Waals surface area contributed by atoms with E-state index in [4.69, 9.17) is 4.74 Å². The van der Waals surface area contributed by atoms with E-state index in [0.717, 1.165) is 17.0 Å². The minimum atomic E-state index is 0.514. The minimum absolute atomic E-state index is 0.514. The van der Waals surface area contributed by atoms with E-state index in [-0.39, 0.29) is 0 Å². The number of hydrogen-bond donors (Lipinski definition) is 0. The van der Waals surface area contributed by atoms with Gasteiger partial charge in [0.15, 0.2) is 0 Å². The van der Waals surface area contributed by atoms with Gasteiger partial charge in [0.1, 0.15) is 0 Å². The number of rotatable bonds is 2. The zero-order valence-corrected chi connectivity index (χ0v) is 11.2. The van der Waals surface area contributed by atoms with Crippen LogP contribution >= 0.6 is 15.9 Å². The quantitative estimate of drug-likeness (QED) is 0.837. The minimum Gasteiger partial charge on any atom is -0.480 e. The predicted octanol–water partition coefficient (Wildman–Crippen LogP) is 2.63. The first kappa shape index (κ1) is 11.6. The summed E-state index contributed by atoms with van der Waals surface area (Å²) in [4.78, 5) is 11.0. The average Bonchev–Trinajstić information content (AvgIpc) is 2.31. The maximum atomic E-state index is 5.19. The molecule has 1 unspecified atom stereocenters. The second-order valence-electron chi connectivity index (χ2n) is 4.07. The first-order chi connectivity index (χ1) is 7.72. The lowest BCUT2D eigenvalue weighted by atomic mass is 10.0. The topological polar surface area (TPSA) is 38.2 Å². The molecule has 0 aromatic carbocycles. The van der Waals surface area contributed by atoms with Crippen LogP contribution in [-0.2, 0) is 0 Å². The van der Waals surface area contributed by atoms with Gasteiger partial charge in [-0.15, -0.1) is 0 Å². The van der Waals surface area contributed by atoms with E-state index in [9.17, 15) is 0 Å². The summed E-state index contributed by atoms with van der Waals surface area (Å²) >= 11 is 3.36. The van der Waals surface area contributed by atoms with Crippen LogP contribution < -0.4 is 9.64 Å². The number of aromatic nitrogens is 2. The molecule has 1 aliphatic heterocycles. The Kier molecular flexibility index (Phi) is 3.63. The van der Waals surface area contributed by atoms with Crippen molar-refractivity contribution in [3.63, 3.8) is 0 Å². The number of nitrogens with zero attached hydrogens (tertiary/aromatic N) is 3. The number of anilines is 1. The van der Waals surface area contributed by atoms with E-state index >= 15 is 0 Å². The van der Waals surface area contributed by atoms with Gasteiger partial charge in [0.25, 0.3) is 0 Å². The lowest BCUT2D eigenvalue weighted by Gasteiger charge is -2.33. The van der Waals surface area contributed by atoms with Gasteiger partial charge < -0.3 is 9.64 Å². The molecule has 88 valence electrons. The van der Waals surface area contributed by atoms with Gasteiger partial charge in [0, 0.05) is 12.6 Å². The Bertz CT molecular complexity index is 372. The molecule has 0 N–H and O–H groups in total. The first-order valence-electron chi connectivity index (χ1n) is 5.55. The molecule has 2 heterocycles. The Labute approximate surface area is 104 Å². The van der Waals surface area contributed by atoms with Crippen molar-refractivity contribution in [2.24, 2.45) is 0 Å². The third kappa shape index (κ3) is 2.29. The lowest BCUT2D eigenvalue weighted by Crippen LogP contribution is -2.38. The third-order valence-electron chi connectivity index (χ3n) is 2.95. The van der Waals surface area contributed by atoms with Crippen molar-refractivity contribution in [2.45, 2.75) is 32.2 Å². The van der Waals surface area contributed by atoms with Gasteiger partial charge in [-0.25, -0.2) is 4.98 Å². The molecule has 5 heteroatoms. The van der Waals surface area contributed by atoms with Crippen LogP contribution in [0.4, 0.5) is 5.95 Å². The van der Waals surface area contributed by atoms with Crippen LogP contribution in [0.25, 0.3) is 0 Å². The molecule has 1 aromatic rings. The van der Waals surface area contributed by atoms with Crippen LogP contribution in [-0.4, -0.2) is 29.7 Å². The highest BCUT2D eigenvalue weighted by Crippen LogP contribution is 2.26. The van der Waals surface area contributed by atoms with Crippen LogP contribution in [0.5, 0.6) is 5.88 Å². The van der Waals surface area contributed by atoms with Gasteiger partial charge in [-0.1, -0.05) is 0 Å². The van der Waals surface area contributed by atoms with Crippen molar-refractivity contribution >= 4 is 21.9 Å². The molecule has 0 saturated carbocycles. The predicted molar refractivity (Wildman–Crippen MR) is 66.9 cm³/mol. The SMILES string of the molecule is COc1nc(N2CCCCC2C)ncc1Br. The first-order valence-corrected chi connectivity index (χ1v) is 6.35. The molecule has 1 aromatic heterocycles. The fourth-order valence-electron chi connectivity index (χ4n) is 2.02. The third-order valence-corrected chi connectivity index (χ3v) is 3.50. The van der Waals surface area contributed by atoms with Crippen molar-refractivity contribution in [1.29, 1.82) is 0 Å². The fraction of sp³-hybridized carbons (Fsp3) is 0.636. The number of halogens is 1. The molecule has 1 aliphatic rings. The van der Waals surface area contributed by atoms with Crippen molar-refractivity contribution in [2.75, 3.05) is 18.6 Å². The van der Waals surface area contributed by atoms with Gasteiger partial charge in [-0.3, -0.25) is 0 Å². The van der Waals surface area contributed by atoms with Crippen LogP contribution in [0.3, 0.4) is 0 Å². The Morgan fingerprint density at radius 1 is 1.50 bits per heavy atom. The van der Waals surface area contributed by atoms with Crippen molar-refractivity contribution in [1.82, 2.24) is 9.97 Å². The van der Waals surface area contributed by atoms with Crippen molar-refractivity contribution in [3.05, 3.63) is 10.7 Å². The molecule has 0 spiro atoms. The molecule has 0 bridgehead atoms. The molecule has 0 radical (unpaired) electrons. The summed E-state index contributed by atoms with van der Waals surface area (Å²) in [5.74, 6) is 1.37. The number of methoxy groups -OCH3 is 1. The molecule has 16 heavy (non-hydrogen) atoms. The molecule has 4 nitrogen and oxygen atoms in total. The van der Waals surface area contributed by atoms with Gasteiger partial charge in [0.2, 0.25) is 11.8 Å². The molecular formula is C11H16BrN3O. The average molecular weight is 286 g/mol. The Morgan fingerprint density at radius 3 is 3.00 bits per heavy atom. The number of ether oxygens (including phenoxy) is 1. The Morgan fingerprint density at radius 2 is 2.31 bits per heavy atom. The van der Waals surface area contributed by atoms with Gasteiger partial charge in [-0.05, 0) is 42.1 Å². The highest BCUT2D eigenvalue weighted by molar-refractivity contribution is 9.10. The highest BCUT2D eigenvalue weighted by atomic mass is 79.9. The Balaban J connectivity index is 2.25. The lowest BCUT2D eigenvalue weighted by molar-refractivity contribution is 0.391. The fourth-order valence-corrected chi connectivity index (χ4v) is 2.37. The maximum Gasteiger partial charge on any atom is 0.232 e. The van der Waals surface area contributed by atoms with E-state index < -0.39 is 0 Å². The summed E-state index contributed by atoms with van der Waals surface area (Å²) in [6.45, 7) is 3.25. The van der Waals surface area contributed by atoms with E-state index in [0.29, 0.717) is 11.9 Å². The maximum absolute atomic E-state index is 5.19. The highest BCUT2D eigenvalue weighted by Gasteiger charge is 2.21. The monoisotopic (exact) mass is 285 g/mol. The summed E-state index contributed by atoms with van der Waals surface area (Å²) in [6, 6.07) is 0.514. The normalized spacial score (nSPS) is 20.9. The zero-order chi connectivity index (χ0) is 11.5. The largest absolute Gasteiger partial charge is 0.480 e. The van der Waals surface area contributed by atoms with Crippen LogP contribution in [0.15, 0.2) is 10.7 Å². The van der Waals surface area contributed by atoms with E-state index in [1.807, 2.05) is 0 Å². The van der Waals surface area contributed by atoms with Crippen LogP contribution in [0.2, 0.25) is 0 Å². The molecule has 1 atom stereocenters.